The fourth-order valence-electron chi connectivity index (χ4n) is 1.67. The molecule has 4 nitrogen and oxygen atoms in total. The topological polar surface area (TPSA) is 50.8 Å². The first-order chi connectivity index (χ1) is 8.22. The first kappa shape index (κ1) is 11.6. The van der Waals surface area contributed by atoms with Gasteiger partial charge < -0.3 is 9.72 Å². The summed E-state index contributed by atoms with van der Waals surface area (Å²) >= 11 is 0. The summed E-state index contributed by atoms with van der Waals surface area (Å²) in [5.41, 5.74) is 1.94. The Kier molecular flexibility index (Phi) is 3.42. The third-order valence-corrected chi connectivity index (χ3v) is 2.43. The maximum Gasteiger partial charge on any atom is 0.226 e. The molecule has 0 spiro atoms. The number of allylic oxidation sites excluding steroid dienone is 1. The van der Waals surface area contributed by atoms with Gasteiger partial charge in [0.15, 0.2) is 0 Å². The molecule has 0 saturated heterocycles. The van der Waals surface area contributed by atoms with Gasteiger partial charge in [-0.15, -0.1) is 6.58 Å². The lowest BCUT2D eigenvalue weighted by molar-refractivity contribution is 0.264. The van der Waals surface area contributed by atoms with E-state index in [-0.39, 0.29) is 0 Å². The molecule has 17 heavy (non-hydrogen) atoms. The van der Waals surface area contributed by atoms with E-state index < -0.39 is 0 Å². The summed E-state index contributed by atoms with van der Waals surface area (Å²) < 4.78 is 5.72. The highest BCUT2D eigenvalue weighted by molar-refractivity contribution is 5.84. The number of H-pyrrole nitrogens is 1. The number of nitrogens with zero attached hydrogens (tertiary/aromatic N) is 2. The lowest BCUT2D eigenvalue weighted by Gasteiger charge is -2.08. The molecular formula is C13H17N3O. The van der Waals surface area contributed by atoms with Crippen molar-refractivity contribution in [3.8, 4) is 5.88 Å². The van der Waals surface area contributed by atoms with E-state index in [2.05, 4.69) is 35.4 Å². The predicted octanol–water partition coefficient (Wildman–Crippen LogP) is 2.72. The van der Waals surface area contributed by atoms with Gasteiger partial charge in [-0.25, -0.2) is 9.97 Å². The second-order valence-electron chi connectivity index (χ2n) is 4.41. The van der Waals surface area contributed by atoms with Gasteiger partial charge in [0.2, 0.25) is 5.88 Å². The number of aromatic nitrogens is 3. The summed E-state index contributed by atoms with van der Waals surface area (Å²) in [5, 5.41) is 0.966. The van der Waals surface area contributed by atoms with Gasteiger partial charge in [0, 0.05) is 6.20 Å². The summed E-state index contributed by atoms with van der Waals surface area (Å²) in [6.07, 6.45) is 6.10. The van der Waals surface area contributed by atoms with Crippen LogP contribution in [0.15, 0.2) is 25.2 Å². The SMILES string of the molecule is C=CCc1c[nH]c2ncnc(OCC(C)C)c12. The van der Waals surface area contributed by atoms with Crippen LogP contribution in [0.5, 0.6) is 5.88 Å². The van der Waals surface area contributed by atoms with Crippen molar-refractivity contribution in [2.75, 3.05) is 6.61 Å². The average molecular weight is 231 g/mol. The molecule has 2 heterocycles. The molecule has 2 rings (SSSR count). The maximum absolute atomic E-state index is 5.72. The highest BCUT2D eigenvalue weighted by atomic mass is 16.5. The third kappa shape index (κ3) is 2.46. The van der Waals surface area contributed by atoms with Crippen molar-refractivity contribution in [3.05, 3.63) is 30.7 Å². The van der Waals surface area contributed by atoms with Crippen LogP contribution in [-0.4, -0.2) is 21.6 Å². The molecule has 0 aliphatic rings. The first-order valence-electron chi connectivity index (χ1n) is 5.77. The number of fused-ring (bicyclic) bond motifs is 1. The van der Waals surface area contributed by atoms with Gasteiger partial charge in [0.1, 0.15) is 12.0 Å². The summed E-state index contributed by atoms with van der Waals surface area (Å²) in [5.74, 6) is 1.13. The molecule has 0 radical (unpaired) electrons. The van der Waals surface area contributed by atoms with E-state index in [0.717, 1.165) is 23.0 Å². The smallest absolute Gasteiger partial charge is 0.226 e. The summed E-state index contributed by atoms with van der Waals surface area (Å²) in [6, 6.07) is 0. The lowest BCUT2D eigenvalue weighted by Crippen LogP contribution is -2.06. The van der Waals surface area contributed by atoms with Crippen molar-refractivity contribution in [1.82, 2.24) is 15.0 Å². The van der Waals surface area contributed by atoms with Crippen molar-refractivity contribution in [1.29, 1.82) is 0 Å². The van der Waals surface area contributed by atoms with Gasteiger partial charge in [-0.05, 0) is 17.9 Å². The minimum absolute atomic E-state index is 0.474. The average Bonchev–Trinajstić information content (AvgIpc) is 2.71. The first-order valence-corrected chi connectivity index (χ1v) is 5.77. The Hall–Kier alpha value is -1.84. The van der Waals surface area contributed by atoms with E-state index in [9.17, 15) is 0 Å². The van der Waals surface area contributed by atoms with Crippen LogP contribution in [0.3, 0.4) is 0 Å². The standard InChI is InChI=1S/C13H17N3O/c1-4-5-10-6-14-12-11(10)13(16-8-15-12)17-7-9(2)3/h4,6,8-9H,1,5,7H2,2-3H3,(H,14,15,16). The van der Waals surface area contributed by atoms with Gasteiger partial charge in [-0.1, -0.05) is 19.9 Å². The molecule has 0 bridgehead atoms. The Balaban J connectivity index is 2.39. The molecule has 0 aliphatic carbocycles. The zero-order valence-corrected chi connectivity index (χ0v) is 10.2. The second kappa shape index (κ2) is 4.99. The molecule has 0 aliphatic heterocycles. The van der Waals surface area contributed by atoms with Crippen LogP contribution in [0.1, 0.15) is 19.4 Å². The van der Waals surface area contributed by atoms with Crippen LogP contribution in [0, 0.1) is 5.92 Å². The van der Waals surface area contributed by atoms with E-state index >= 15 is 0 Å². The number of hydrogen-bond donors (Lipinski definition) is 1. The number of rotatable bonds is 5. The molecule has 0 unspecified atom stereocenters. The quantitative estimate of drug-likeness (QED) is 0.805. The summed E-state index contributed by atoms with van der Waals surface area (Å²) in [7, 11) is 0. The Labute approximate surface area is 101 Å². The second-order valence-corrected chi connectivity index (χ2v) is 4.41. The Morgan fingerprint density at radius 3 is 3.00 bits per heavy atom. The van der Waals surface area contributed by atoms with Crippen LogP contribution in [0.2, 0.25) is 0 Å². The molecule has 0 atom stereocenters. The van der Waals surface area contributed by atoms with Crippen molar-refractivity contribution in [2.45, 2.75) is 20.3 Å². The lowest BCUT2D eigenvalue weighted by atomic mass is 10.2. The van der Waals surface area contributed by atoms with Crippen molar-refractivity contribution < 1.29 is 4.74 Å². The number of nitrogens with one attached hydrogen (secondary N) is 1. The van der Waals surface area contributed by atoms with Gasteiger partial charge in [-0.3, -0.25) is 0 Å². The Bertz CT molecular complexity index is 516. The highest BCUT2D eigenvalue weighted by Crippen LogP contribution is 2.25. The number of hydrogen-bond acceptors (Lipinski definition) is 3. The summed E-state index contributed by atoms with van der Waals surface area (Å²) in [4.78, 5) is 11.5. The molecule has 0 saturated carbocycles. The minimum Gasteiger partial charge on any atom is -0.477 e. The molecule has 90 valence electrons. The zero-order valence-electron chi connectivity index (χ0n) is 10.2. The summed E-state index contributed by atoms with van der Waals surface area (Å²) in [6.45, 7) is 8.63. The maximum atomic E-state index is 5.72. The predicted molar refractivity (Wildman–Crippen MR) is 68.1 cm³/mol. The molecule has 2 aromatic heterocycles. The van der Waals surface area contributed by atoms with Gasteiger partial charge in [0.25, 0.3) is 0 Å². The highest BCUT2D eigenvalue weighted by Gasteiger charge is 2.11. The normalized spacial score (nSPS) is 11.0. The molecule has 0 aromatic carbocycles. The molecular weight excluding hydrogens is 214 g/mol. The number of ether oxygens (including phenoxy) is 1. The van der Waals surface area contributed by atoms with E-state index in [1.165, 1.54) is 6.33 Å². The third-order valence-electron chi connectivity index (χ3n) is 2.43. The van der Waals surface area contributed by atoms with Gasteiger partial charge in [-0.2, -0.15) is 0 Å². The fourth-order valence-corrected chi connectivity index (χ4v) is 1.67. The van der Waals surface area contributed by atoms with Crippen LogP contribution in [0.4, 0.5) is 0 Å². The molecule has 0 fully saturated rings. The fraction of sp³-hybridized carbons (Fsp3) is 0.385. The zero-order chi connectivity index (χ0) is 12.3. The largest absolute Gasteiger partial charge is 0.477 e. The molecule has 4 heteroatoms. The van der Waals surface area contributed by atoms with Gasteiger partial charge in [0.05, 0.1) is 12.0 Å². The Morgan fingerprint density at radius 2 is 2.29 bits per heavy atom. The Morgan fingerprint density at radius 1 is 1.47 bits per heavy atom. The van der Waals surface area contributed by atoms with Crippen LogP contribution in [-0.2, 0) is 6.42 Å². The van der Waals surface area contributed by atoms with Crippen LogP contribution >= 0.6 is 0 Å². The van der Waals surface area contributed by atoms with E-state index in [1.807, 2.05) is 12.3 Å². The van der Waals surface area contributed by atoms with E-state index in [4.69, 9.17) is 4.74 Å². The monoisotopic (exact) mass is 231 g/mol. The van der Waals surface area contributed by atoms with Crippen molar-refractivity contribution in [3.63, 3.8) is 0 Å². The molecule has 0 amide bonds. The van der Waals surface area contributed by atoms with E-state index in [1.54, 1.807) is 0 Å². The van der Waals surface area contributed by atoms with Crippen molar-refractivity contribution in [2.24, 2.45) is 5.92 Å². The van der Waals surface area contributed by atoms with E-state index in [0.29, 0.717) is 18.4 Å². The van der Waals surface area contributed by atoms with Crippen molar-refractivity contribution >= 4 is 11.0 Å². The van der Waals surface area contributed by atoms with Gasteiger partial charge >= 0.3 is 0 Å². The minimum atomic E-state index is 0.474. The van der Waals surface area contributed by atoms with Crippen LogP contribution < -0.4 is 4.74 Å². The molecule has 1 N–H and O–H groups in total. The van der Waals surface area contributed by atoms with Crippen LogP contribution in [0.25, 0.3) is 11.0 Å². The molecule has 2 aromatic rings. The number of aromatic amines is 1.